The van der Waals surface area contributed by atoms with Crippen molar-refractivity contribution < 1.29 is 4.79 Å². The predicted octanol–water partition coefficient (Wildman–Crippen LogP) is 0.809. The lowest BCUT2D eigenvalue weighted by molar-refractivity contribution is -0.114. The number of carbonyl (C=O) groups is 1. The Bertz CT molecular complexity index is 208. The molecule has 0 fully saturated rings. The van der Waals surface area contributed by atoms with Crippen molar-refractivity contribution in [1.29, 1.82) is 0 Å². The van der Waals surface area contributed by atoms with Crippen molar-refractivity contribution in [3.05, 3.63) is 10.5 Å². The summed E-state index contributed by atoms with van der Waals surface area (Å²) in [5, 5.41) is 0. The van der Waals surface area contributed by atoms with Crippen LogP contribution in [0.5, 0.6) is 0 Å². The highest BCUT2D eigenvalue weighted by Gasteiger charge is 2.04. The monoisotopic (exact) mass is 172 g/mol. The number of hydrogen-bond donors (Lipinski definition) is 1. The minimum absolute atomic E-state index is 0.428. The fraction of sp³-hybridized carbons (Fsp3) is 0.429. The lowest BCUT2D eigenvalue weighted by atomic mass is 10.2. The molecular formula is C7H12N2OS. The summed E-state index contributed by atoms with van der Waals surface area (Å²) in [5.74, 6) is -0.428. The molecular weight excluding hydrogens is 160 g/mol. The third-order valence-electron chi connectivity index (χ3n) is 1.21. The van der Waals surface area contributed by atoms with Crippen LogP contribution in [-0.4, -0.2) is 25.4 Å². The largest absolute Gasteiger partial charge is 0.366 e. The van der Waals surface area contributed by atoms with Gasteiger partial charge in [0.05, 0.1) is 5.57 Å². The van der Waals surface area contributed by atoms with Gasteiger partial charge in [0.1, 0.15) is 0 Å². The molecule has 0 aromatic rings. The first kappa shape index (κ1) is 10.2. The van der Waals surface area contributed by atoms with E-state index < -0.39 is 5.91 Å². The highest BCUT2D eigenvalue weighted by molar-refractivity contribution is 8.02. The van der Waals surface area contributed by atoms with E-state index in [9.17, 15) is 4.79 Å². The van der Waals surface area contributed by atoms with E-state index in [0.717, 1.165) is 4.91 Å². The SMILES string of the molecule is CN=CC(C(N)=O)=C(C)SC. The summed E-state index contributed by atoms with van der Waals surface area (Å²) in [6.07, 6.45) is 3.37. The molecule has 0 aliphatic rings. The highest BCUT2D eigenvalue weighted by Crippen LogP contribution is 2.13. The lowest BCUT2D eigenvalue weighted by Crippen LogP contribution is -2.15. The summed E-state index contributed by atoms with van der Waals surface area (Å²) in [6.45, 7) is 1.84. The van der Waals surface area contributed by atoms with Gasteiger partial charge in [0.25, 0.3) is 5.91 Å². The van der Waals surface area contributed by atoms with E-state index >= 15 is 0 Å². The Hall–Kier alpha value is -0.770. The first-order valence-electron chi connectivity index (χ1n) is 3.10. The molecule has 0 bridgehead atoms. The van der Waals surface area contributed by atoms with Crippen LogP contribution in [0.4, 0.5) is 0 Å². The van der Waals surface area contributed by atoms with Crippen molar-refractivity contribution >= 4 is 23.9 Å². The number of nitrogens with two attached hydrogens (primary N) is 1. The molecule has 0 atom stereocenters. The van der Waals surface area contributed by atoms with Gasteiger partial charge in [0.2, 0.25) is 0 Å². The summed E-state index contributed by atoms with van der Waals surface area (Å²) >= 11 is 1.49. The van der Waals surface area contributed by atoms with Crippen molar-refractivity contribution in [3.63, 3.8) is 0 Å². The summed E-state index contributed by atoms with van der Waals surface area (Å²) in [6, 6.07) is 0. The Morgan fingerprint density at radius 1 is 1.64 bits per heavy atom. The minimum atomic E-state index is -0.428. The van der Waals surface area contributed by atoms with Crippen molar-refractivity contribution in [2.75, 3.05) is 13.3 Å². The molecule has 1 amide bonds. The van der Waals surface area contributed by atoms with Gasteiger partial charge in [-0.1, -0.05) is 0 Å². The molecule has 0 spiro atoms. The Kier molecular flexibility index (Phi) is 4.61. The van der Waals surface area contributed by atoms with Gasteiger partial charge in [-0.3, -0.25) is 9.79 Å². The summed E-state index contributed by atoms with van der Waals surface area (Å²) in [4.78, 5) is 15.4. The minimum Gasteiger partial charge on any atom is -0.366 e. The van der Waals surface area contributed by atoms with Crippen molar-refractivity contribution in [2.24, 2.45) is 10.7 Å². The zero-order valence-electron chi connectivity index (χ0n) is 6.92. The topological polar surface area (TPSA) is 55.4 Å². The molecule has 0 aromatic heterocycles. The van der Waals surface area contributed by atoms with Gasteiger partial charge in [-0.2, -0.15) is 0 Å². The van der Waals surface area contributed by atoms with Gasteiger partial charge in [-0.15, -0.1) is 11.8 Å². The molecule has 0 saturated carbocycles. The van der Waals surface area contributed by atoms with Crippen LogP contribution in [0.3, 0.4) is 0 Å². The maximum absolute atomic E-state index is 10.7. The lowest BCUT2D eigenvalue weighted by Gasteiger charge is -1.99. The number of carbonyl (C=O) groups excluding carboxylic acids is 1. The molecule has 0 aliphatic heterocycles. The molecule has 0 aliphatic carbocycles. The van der Waals surface area contributed by atoms with Gasteiger partial charge >= 0.3 is 0 Å². The van der Waals surface area contributed by atoms with E-state index in [-0.39, 0.29) is 0 Å². The van der Waals surface area contributed by atoms with E-state index in [1.807, 2.05) is 13.2 Å². The van der Waals surface area contributed by atoms with Crippen LogP contribution in [0.1, 0.15) is 6.92 Å². The number of amides is 1. The number of hydrogen-bond acceptors (Lipinski definition) is 3. The van der Waals surface area contributed by atoms with E-state index in [1.165, 1.54) is 18.0 Å². The molecule has 4 heteroatoms. The van der Waals surface area contributed by atoms with E-state index in [0.29, 0.717) is 5.57 Å². The first-order valence-corrected chi connectivity index (χ1v) is 4.32. The molecule has 0 radical (unpaired) electrons. The fourth-order valence-electron chi connectivity index (χ4n) is 0.567. The van der Waals surface area contributed by atoms with Gasteiger partial charge in [-0.05, 0) is 18.1 Å². The first-order chi connectivity index (χ1) is 5.13. The zero-order valence-corrected chi connectivity index (χ0v) is 7.73. The average Bonchev–Trinajstić information content (AvgIpc) is 1.98. The second-order valence-electron chi connectivity index (χ2n) is 1.93. The normalized spacial score (nSPS) is 13.4. The van der Waals surface area contributed by atoms with E-state index in [1.54, 1.807) is 7.05 Å². The van der Waals surface area contributed by atoms with E-state index in [4.69, 9.17) is 5.73 Å². The van der Waals surface area contributed by atoms with Gasteiger partial charge in [-0.25, -0.2) is 0 Å². The number of nitrogens with zero attached hydrogens (tertiary/aromatic N) is 1. The number of allylic oxidation sites excluding steroid dienone is 1. The zero-order chi connectivity index (χ0) is 8.85. The quantitative estimate of drug-likeness (QED) is 0.506. The number of aliphatic imine (C=N–C) groups is 1. The predicted molar refractivity (Wildman–Crippen MR) is 49.8 cm³/mol. The number of primary amides is 1. The van der Waals surface area contributed by atoms with Gasteiger partial charge < -0.3 is 5.73 Å². The van der Waals surface area contributed by atoms with Crippen LogP contribution >= 0.6 is 11.8 Å². The smallest absolute Gasteiger partial charge is 0.251 e. The van der Waals surface area contributed by atoms with Crippen LogP contribution in [0, 0.1) is 0 Å². The van der Waals surface area contributed by atoms with E-state index in [2.05, 4.69) is 4.99 Å². The van der Waals surface area contributed by atoms with Crippen LogP contribution < -0.4 is 5.73 Å². The Balaban J connectivity index is 4.72. The number of thioether (sulfide) groups is 1. The fourth-order valence-corrected chi connectivity index (χ4v) is 0.940. The maximum atomic E-state index is 10.7. The molecule has 0 unspecified atom stereocenters. The average molecular weight is 172 g/mol. The van der Waals surface area contributed by atoms with Crippen LogP contribution in [0.25, 0.3) is 0 Å². The molecule has 3 nitrogen and oxygen atoms in total. The van der Waals surface area contributed by atoms with Crippen LogP contribution in [0.2, 0.25) is 0 Å². The maximum Gasteiger partial charge on any atom is 0.251 e. The third kappa shape index (κ3) is 3.23. The summed E-state index contributed by atoms with van der Waals surface area (Å²) in [5.41, 5.74) is 5.58. The Morgan fingerprint density at radius 3 is 2.45 bits per heavy atom. The molecule has 0 saturated heterocycles. The second-order valence-corrected chi connectivity index (χ2v) is 2.95. The summed E-state index contributed by atoms with van der Waals surface area (Å²) in [7, 11) is 1.61. The standard InChI is InChI=1S/C7H12N2OS/c1-5(11-3)6(4-9-2)7(8)10/h4H,1-3H3,(H2,8,10). The highest BCUT2D eigenvalue weighted by atomic mass is 32.2. The summed E-state index contributed by atoms with van der Waals surface area (Å²) < 4.78 is 0. The second kappa shape index (κ2) is 4.96. The van der Waals surface area contributed by atoms with Crippen molar-refractivity contribution in [1.82, 2.24) is 0 Å². The van der Waals surface area contributed by atoms with Gasteiger partial charge in [0.15, 0.2) is 0 Å². The molecule has 2 N–H and O–H groups in total. The van der Waals surface area contributed by atoms with Crippen molar-refractivity contribution in [3.8, 4) is 0 Å². The molecule has 0 rings (SSSR count). The molecule has 62 valence electrons. The van der Waals surface area contributed by atoms with Crippen LogP contribution in [0.15, 0.2) is 15.5 Å². The molecule has 11 heavy (non-hydrogen) atoms. The Morgan fingerprint density at radius 2 is 2.18 bits per heavy atom. The molecule has 0 heterocycles. The number of rotatable bonds is 3. The van der Waals surface area contributed by atoms with Gasteiger partial charge in [0, 0.05) is 13.3 Å². The molecule has 0 aromatic carbocycles. The Labute approximate surface area is 70.8 Å². The third-order valence-corrected chi connectivity index (χ3v) is 2.04. The van der Waals surface area contributed by atoms with Crippen molar-refractivity contribution in [2.45, 2.75) is 6.92 Å². The van der Waals surface area contributed by atoms with Crippen LogP contribution in [-0.2, 0) is 4.79 Å².